The first-order valence-electron chi connectivity index (χ1n) is 4.34. The minimum Gasteiger partial charge on any atom is -0.0952 e. The van der Waals surface area contributed by atoms with Crippen molar-refractivity contribution in [2.45, 2.75) is 19.3 Å². The van der Waals surface area contributed by atoms with E-state index in [1.165, 1.54) is 23.1 Å². The number of hydrogen-bond acceptors (Lipinski definition) is 0. The summed E-state index contributed by atoms with van der Waals surface area (Å²) in [5.74, 6) is 0. The molecule has 2 heteroatoms. The molecule has 1 aromatic carbocycles. The van der Waals surface area contributed by atoms with E-state index in [2.05, 4.69) is 28.6 Å². The molecule has 0 saturated carbocycles. The molecule has 0 aromatic heterocycles. The molecule has 0 fully saturated rings. The number of fused-ring (bicyclic) bond motifs is 1. The zero-order valence-corrected chi connectivity index (χ0v) is 9.58. The van der Waals surface area contributed by atoms with Crippen LogP contribution in [0.3, 0.4) is 0 Å². The van der Waals surface area contributed by atoms with Crippen LogP contribution in [-0.4, -0.2) is 0 Å². The van der Waals surface area contributed by atoms with Gasteiger partial charge in [0.15, 0.2) is 0 Å². The van der Waals surface area contributed by atoms with E-state index in [-0.39, 0.29) is 0 Å². The molecule has 0 nitrogen and oxygen atoms in total. The van der Waals surface area contributed by atoms with Crippen molar-refractivity contribution in [2.75, 3.05) is 0 Å². The second-order valence-corrected chi connectivity index (χ2v) is 4.70. The minimum absolute atomic E-state index is 0.828. The van der Waals surface area contributed by atoms with Crippen LogP contribution < -0.4 is 0 Å². The number of rotatable bonds is 0. The number of aryl methyl sites for hydroxylation is 1. The van der Waals surface area contributed by atoms with Gasteiger partial charge in [0.1, 0.15) is 0 Å². The highest BCUT2D eigenvalue weighted by atomic mass is 79.9. The smallest absolute Gasteiger partial charge is 0.0494 e. The second kappa shape index (κ2) is 3.47. The maximum Gasteiger partial charge on any atom is 0.0494 e. The van der Waals surface area contributed by atoms with E-state index in [9.17, 15) is 0 Å². The zero-order valence-electron chi connectivity index (χ0n) is 7.24. The third-order valence-electron chi connectivity index (χ3n) is 2.41. The molecule has 1 aliphatic rings. The van der Waals surface area contributed by atoms with Crippen LogP contribution in [0.1, 0.15) is 24.0 Å². The molecule has 0 atom stereocenters. The summed E-state index contributed by atoms with van der Waals surface area (Å²) in [6, 6.07) is 4.09. The van der Waals surface area contributed by atoms with E-state index in [0.717, 1.165) is 22.3 Å². The first kappa shape index (κ1) is 9.29. The largest absolute Gasteiger partial charge is 0.0952 e. The molecule has 0 unspecified atom stereocenters. The highest BCUT2D eigenvalue weighted by molar-refractivity contribution is 9.10. The summed E-state index contributed by atoms with van der Waals surface area (Å²) >= 11 is 9.60. The summed E-state index contributed by atoms with van der Waals surface area (Å²) in [4.78, 5) is 0. The van der Waals surface area contributed by atoms with Crippen LogP contribution in [0.4, 0.5) is 0 Å². The molecule has 0 heterocycles. The van der Waals surface area contributed by atoms with E-state index in [4.69, 9.17) is 11.6 Å². The summed E-state index contributed by atoms with van der Waals surface area (Å²) in [6.07, 6.45) is 3.39. The van der Waals surface area contributed by atoms with Crippen LogP contribution in [0.2, 0.25) is 5.02 Å². The Balaban J connectivity index is 2.63. The van der Waals surface area contributed by atoms with Crippen molar-refractivity contribution in [1.82, 2.24) is 0 Å². The molecule has 13 heavy (non-hydrogen) atoms. The molecule has 0 radical (unpaired) electrons. The van der Waals surface area contributed by atoms with Crippen LogP contribution in [0.25, 0.3) is 5.57 Å². The van der Waals surface area contributed by atoms with Gasteiger partial charge >= 0.3 is 0 Å². The lowest BCUT2D eigenvalue weighted by Gasteiger charge is -2.19. The Kier molecular flexibility index (Phi) is 2.48. The summed E-state index contributed by atoms with van der Waals surface area (Å²) in [6.45, 7) is 4.05. The topological polar surface area (TPSA) is 0 Å². The van der Waals surface area contributed by atoms with Gasteiger partial charge in [0, 0.05) is 9.50 Å². The minimum atomic E-state index is 0.828. The first-order chi connectivity index (χ1) is 6.18. The summed E-state index contributed by atoms with van der Waals surface area (Å²) in [5.41, 5.74) is 3.69. The fourth-order valence-electron chi connectivity index (χ4n) is 1.84. The van der Waals surface area contributed by atoms with Crippen LogP contribution in [0, 0.1) is 0 Å². The maximum atomic E-state index is 6.15. The third-order valence-corrected chi connectivity index (χ3v) is 3.17. The predicted molar refractivity (Wildman–Crippen MR) is 61.1 cm³/mol. The Hall–Kier alpha value is -0.270. The van der Waals surface area contributed by atoms with Gasteiger partial charge in [0.2, 0.25) is 0 Å². The molecule has 1 aliphatic carbocycles. The van der Waals surface area contributed by atoms with Gasteiger partial charge < -0.3 is 0 Å². The molecule has 2 rings (SSSR count). The number of benzene rings is 1. The van der Waals surface area contributed by atoms with Gasteiger partial charge in [-0.2, -0.15) is 0 Å². The van der Waals surface area contributed by atoms with Crippen molar-refractivity contribution in [3.05, 3.63) is 39.3 Å². The molecule has 0 N–H and O–H groups in total. The van der Waals surface area contributed by atoms with Gasteiger partial charge in [0.25, 0.3) is 0 Å². The summed E-state index contributed by atoms with van der Waals surface area (Å²) in [5, 5.41) is 0.828. The molecule has 1 aromatic rings. The predicted octanol–water partition coefficient (Wildman–Crippen LogP) is 4.45. The Morgan fingerprint density at radius 1 is 1.31 bits per heavy atom. The average Bonchev–Trinajstić information content (AvgIpc) is 2.02. The molecule has 0 bridgehead atoms. The van der Waals surface area contributed by atoms with E-state index < -0.39 is 0 Å². The normalized spacial score (nSPS) is 15.7. The lowest BCUT2D eigenvalue weighted by molar-refractivity contribution is 0.823. The zero-order chi connectivity index (χ0) is 9.42. The first-order valence-corrected chi connectivity index (χ1v) is 5.51. The fourth-order valence-corrected chi connectivity index (χ4v) is 2.85. The lowest BCUT2D eigenvalue weighted by Crippen LogP contribution is -2.01. The van der Waals surface area contributed by atoms with Crippen LogP contribution in [-0.2, 0) is 6.42 Å². The van der Waals surface area contributed by atoms with Gasteiger partial charge in [0.05, 0.1) is 0 Å². The summed E-state index contributed by atoms with van der Waals surface area (Å²) < 4.78 is 1.06. The van der Waals surface area contributed by atoms with Gasteiger partial charge in [-0.05, 0) is 48.1 Å². The Morgan fingerprint density at radius 3 is 2.85 bits per heavy atom. The molecule has 0 aliphatic heterocycles. The van der Waals surface area contributed by atoms with Crippen molar-refractivity contribution in [2.24, 2.45) is 0 Å². The summed E-state index contributed by atoms with van der Waals surface area (Å²) in [7, 11) is 0. The van der Waals surface area contributed by atoms with Gasteiger partial charge in [-0.3, -0.25) is 0 Å². The SMILES string of the molecule is C=C1CCCc2cc(Br)cc(Cl)c21. The molecule has 0 spiro atoms. The van der Waals surface area contributed by atoms with E-state index in [0.29, 0.717) is 0 Å². The van der Waals surface area contributed by atoms with E-state index in [1.807, 2.05) is 6.07 Å². The number of halogens is 2. The molecular weight excluding hydrogens is 247 g/mol. The monoisotopic (exact) mass is 256 g/mol. The van der Waals surface area contributed by atoms with Gasteiger partial charge in [-0.15, -0.1) is 0 Å². The Labute approximate surface area is 91.7 Å². The molecule has 68 valence electrons. The maximum absolute atomic E-state index is 6.15. The molecule has 0 amide bonds. The number of hydrogen-bond donors (Lipinski definition) is 0. The van der Waals surface area contributed by atoms with Crippen molar-refractivity contribution in [3.8, 4) is 0 Å². The van der Waals surface area contributed by atoms with Gasteiger partial charge in [-0.25, -0.2) is 0 Å². The van der Waals surface area contributed by atoms with Crippen molar-refractivity contribution in [1.29, 1.82) is 0 Å². The van der Waals surface area contributed by atoms with Crippen molar-refractivity contribution >= 4 is 33.1 Å². The van der Waals surface area contributed by atoms with Gasteiger partial charge in [-0.1, -0.05) is 34.1 Å². The highest BCUT2D eigenvalue weighted by Crippen LogP contribution is 2.36. The van der Waals surface area contributed by atoms with E-state index >= 15 is 0 Å². The third kappa shape index (κ3) is 1.68. The van der Waals surface area contributed by atoms with Crippen LogP contribution >= 0.6 is 27.5 Å². The Morgan fingerprint density at radius 2 is 2.08 bits per heavy atom. The standard InChI is InChI=1S/C11H10BrCl/c1-7-3-2-4-8-5-9(12)6-10(13)11(7)8/h5-6H,1-4H2. The van der Waals surface area contributed by atoms with Crippen LogP contribution in [0.15, 0.2) is 23.2 Å². The second-order valence-electron chi connectivity index (χ2n) is 3.38. The van der Waals surface area contributed by atoms with Crippen molar-refractivity contribution < 1.29 is 0 Å². The lowest BCUT2D eigenvalue weighted by atomic mass is 9.88. The molecular formula is C11H10BrCl. The van der Waals surface area contributed by atoms with E-state index in [1.54, 1.807) is 0 Å². The molecule has 0 saturated heterocycles. The van der Waals surface area contributed by atoms with Crippen molar-refractivity contribution in [3.63, 3.8) is 0 Å². The Bertz CT molecular complexity index is 369. The van der Waals surface area contributed by atoms with Crippen LogP contribution in [0.5, 0.6) is 0 Å². The highest BCUT2D eigenvalue weighted by Gasteiger charge is 2.15. The average molecular weight is 258 g/mol. The quantitative estimate of drug-likeness (QED) is 0.644. The number of allylic oxidation sites excluding steroid dienone is 1. The fraction of sp³-hybridized carbons (Fsp3) is 0.273.